The fourth-order valence-electron chi connectivity index (χ4n) is 7.70. The van der Waals surface area contributed by atoms with Gasteiger partial charge in [-0.2, -0.15) is 5.26 Å². The van der Waals surface area contributed by atoms with Crippen LogP contribution in [0.4, 0.5) is 27.5 Å². The van der Waals surface area contributed by atoms with E-state index in [9.17, 15) is 49.2 Å². The van der Waals surface area contributed by atoms with Crippen molar-refractivity contribution in [3.8, 4) is 11.8 Å². The summed E-state index contributed by atoms with van der Waals surface area (Å²) < 4.78 is 0. The second-order valence-corrected chi connectivity index (χ2v) is 13.0. The lowest BCUT2D eigenvalue weighted by Crippen LogP contribution is -2.85. The summed E-state index contributed by atoms with van der Waals surface area (Å²) >= 11 is 0. The fraction of sp³-hybridized carbons (Fsp3) is 0.387. The van der Waals surface area contributed by atoms with Crippen LogP contribution in [0.15, 0.2) is 30.3 Å². The lowest BCUT2D eigenvalue weighted by atomic mass is 9.42. The van der Waals surface area contributed by atoms with Gasteiger partial charge < -0.3 is 37.8 Å². The van der Waals surface area contributed by atoms with Gasteiger partial charge in [0.1, 0.15) is 11.7 Å². The van der Waals surface area contributed by atoms with Crippen LogP contribution in [0.5, 0.6) is 5.75 Å². The molecular weight excluding hydrogens is 642 g/mol. The molecule has 2 unspecified atom stereocenters. The molecule has 6 atom stereocenters. The van der Waals surface area contributed by atoms with Crippen LogP contribution >= 0.6 is 0 Å². The Kier molecular flexibility index (Phi) is 8.07. The molecule has 0 saturated heterocycles. The molecule has 49 heavy (non-hydrogen) atoms. The molecule has 3 amide bonds. The van der Waals surface area contributed by atoms with Crippen molar-refractivity contribution >= 4 is 57.8 Å². The van der Waals surface area contributed by atoms with Crippen molar-refractivity contribution < 1.29 is 38.8 Å². The Balaban J connectivity index is 1.63. The molecule has 9 N–H and O–H groups in total. The number of hydrogen-bond donors (Lipinski definition) is 6. The van der Waals surface area contributed by atoms with Crippen LogP contribution in [0.2, 0.25) is 0 Å². The zero-order valence-electron chi connectivity index (χ0n) is 26.8. The Bertz CT molecular complexity index is 1920. The molecule has 0 bridgehead atoms. The largest absolute Gasteiger partial charge is 0.505 e. The van der Waals surface area contributed by atoms with Gasteiger partial charge in [-0.3, -0.25) is 39.0 Å². The van der Waals surface area contributed by atoms with E-state index in [1.165, 1.54) is 49.3 Å². The van der Waals surface area contributed by atoms with Crippen LogP contribution in [0.1, 0.15) is 22.3 Å². The first-order chi connectivity index (χ1) is 22.8. The van der Waals surface area contributed by atoms with Crippen molar-refractivity contribution in [2.45, 2.75) is 30.0 Å². The van der Waals surface area contributed by atoms with Gasteiger partial charge in [0.2, 0.25) is 5.91 Å². The Morgan fingerprint density at radius 3 is 2.18 bits per heavy atom. The van der Waals surface area contributed by atoms with Gasteiger partial charge in [0.15, 0.2) is 34.5 Å². The number of ketones is 4. The van der Waals surface area contributed by atoms with Gasteiger partial charge in [0, 0.05) is 43.1 Å². The van der Waals surface area contributed by atoms with Gasteiger partial charge in [-0.1, -0.05) is 0 Å². The highest BCUT2D eigenvalue weighted by atomic mass is 16.6. The van der Waals surface area contributed by atoms with E-state index in [4.69, 9.17) is 17.2 Å². The molecule has 2 aromatic rings. The minimum absolute atomic E-state index is 0.165. The molecular formula is C31H33N9O9. The number of carbonyl (C=O) groups is 6. The molecule has 3 aliphatic carbocycles. The second kappa shape index (κ2) is 11.4. The summed E-state index contributed by atoms with van der Waals surface area (Å²) in [5.41, 5.74) is 11.7. The quantitative estimate of drug-likeness (QED) is 0.0967. The maximum atomic E-state index is 14.6. The fourth-order valence-corrected chi connectivity index (χ4v) is 7.70. The Labute approximate surface area is 278 Å². The Morgan fingerprint density at radius 2 is 1.67 bits per heavy atom. The van der Waals surface area contributed by atoms with Crippen molar-refractivity contribution in [1.29, 1.82) is 5.26 Å². The van der Waals surface area contributed by atoms with Gasteiger partial charge in [-0.15, -0.1) is 0 Å². The number of likely N-dealkylation sites (N-methyl/N-ethyl adjacent to an activating group) is 1. The molecule has 0 aromatic heterocycles. The highest BCUT2D eigenvalue weighted by Gasteiger charge is 2.78. The SMILES string of the molecule is CN(C)c1cc(NC(=O)Nc2ccc([N+](=O)[O-])cc2)c(O)c2c1C[C@@]1(N)C[C@@]3(N)[C@H](N(C)C)C(=O)C(C(N)=O)C(=O)[C@@]3(C#N)C(=O)C1C2=O. The number of nitrogens with two attached hydrogens (primary N) is 3. The van der Waals surface area contributed by atoms with Crippen molar-refractivity contribution in [3.63, 3.8) is 0 Å². The summed E-state index contributed by atoms with van der Waals surface area (Å²) in [6.07, 6.45) is -0.880. The topological polar surface area (TPSA) is 298 Å². The number of rotatable bonds is 6. The Hall–Kier alpha value is -5.77. The minimum Gasteiger partial charge on any atom is -0.505 e. The third kappa shape index (κ3) is 4.81. The predicted octanol–water partition coefficient (Wildman–Crippen LogP) is -0.573. The number of anilines is 3. The molecule has 18 heteroatoms. The first kappa shape index (κ1) is 34.6. The van der Waals surface area contributed by atoms with Crippen LogP contribution < -0.4 is 32.7 Å². The van der Waals surface area contributed by atoms with Crippen LogP contribution in [0, 0.1) is 38.7 Å². The number of benzene rings is 2. The number of amides is 3. The van der Waals surface area contributed by atoms with Gasteiger partial charge >= 0.3 is 6.03 Å². The number of nitriles is 1. The molecule has 0 spiro atoms. The third-order valence-corrected chi connectivity index (χ3v) is 9.63. The molecule has 256 valence electrons. The number of urea groups is 1. The summed E-state index contributed by atoms with van der Waals surface area (Å²) in [6.45, 7) is 0. The molecule has 0 aliphatic heterocycles. The summed E-state index contributed by atoms with van der Waals surface area (Å²) in [6, 6.07) is 5.45. The number of fused-ring (bicyclic) bond motifs is 3. The van der Waals surface area contributed by atoms with Gasteiger partial charge in [0.25, 0.3) is 5.69 Å². The van der Waals surface area contributed by atoms with Crippen molar-refractivity contribution in [2.24, 2.45) is 34.5 Å². The number of Topliss-reactive ketones (excluding diaryl/α,β-unsaturated/α-hetero) is 4. The number of carbonyl (C=O) groups excluding carboxylic acids is 6. The summed E-state index contributed by atoms with van der Waals surface area (Å²) in [5, 5.41) is 37.8. The molecule has 0 radical (unpaired) electrons. The molecule has 5 rings (SSSR count). The van der Waals surface area contributed by atoms with E-state index in [0.29, 0.717) is 5.69 Å². The Morgan fingerprint density at radius 1 is 1.06 bits per heavy atom. The average molecular weight is 676 g/mol. The molecule has 2 fully saturated rings. The van der Waals surface area contributed by atoms with E-state index >= 15 is 0 Å². The molecule has 2 aromatic carbocycles. The number of aromatic hydroxyl groups is 1. The van der Waals surface area contributed by atoms with E-state index in [2.05, 4.69) is 10.6 Å². The van der Waals surface area contributed by atoms with Crippen LogP contribution in [0.25, 0.3) is 0 Å². The van der Waals surface area contributed by atoms with E-state index in [1.54, 1.807) is 25.1 Å². The van der Waals surface area contributed by atoms with Crippen LogP contribution in [-0.2, 0) is 25.6 Å². The highest BCUT2D eigenvalue weighted by molar-refractivity contribution is 6.33. The molecule has 3 aliphatic rings. The number of nitro groups is 1. The molecule has 2 saturated carbocycles. The number of phenols is 1. The zero-order valence-corrected chi connectivity index (χ0v) is 26.8. The first-order valence-electron chi connectivity index (χ1n) is 14.8. The van der Waals surface area contributed by atoms with Crippen molar-refractivity contribution in [3.05, 3.63) is 51.6 Å². The third-order valence-electron chi connectivity index (χ3n) is 9.63. The zero-order chi connectivity index (χ0) is 36.5. The average Bonchev–Trinajstić information content (AvgIpc) is 2.97. The van der Waals surface area contributed by atoms with Crippen LogP contribution in [-0.4, -0.2) is 95.3 Å². The number of primary amides is 1. The van der Waals surface area contributed by atoms with Crippen LogP contribution in [0.3, 0.4) is 0 Å². The van der Waals surface area contributed by atoms with E-state index < -0.39 is 92.1 Å². The second-order valence-electron chi connectivity index (χ2n) is 13.0. The minimum atomic E-state index is -2.91. The van der Waals surface area contributed by atoms with Gasteiger partial charge in [0.05, 0.1) is 33.8 Å². The van der Waals surface area contributed by atoms with E-state index in [-0.39, 0.29) is 29.0 Å². The lowest BCUT2D eigenvalue weighted by Gasteiger charge is -2.60. The van der Waals surface area contributed by atoms with Crippen molar-refractivity contribution in [2.75, 3.05) is 43.7 Å². The summed E-state index contributed by atoms with van der Waals surface area (Å²) in [5.74, 6) is -11.2. The summed E-state index contributed by atoms with van der Waals surface area (Å²) in [4.78, 5) is 94.9. The maximum Gasteiger partial charge on any atom is 0.323 e. The van der Waals surface area contributed by atoms with E-state index in [0.717, 1.165) is 0 Å². The normalized spacial score (nSPS) is 28.9. The smallest absolute Gasteiger partial charge is 0.323 e. The number of non-ortho nitro benzene ring substituents is 1. The van der Waals surface area contributed by atoms with Gasteiger partial charge in [-0.25, -0.2) is 4.79 Å². The van der Waals surface area contributed by atoms with E-state index in [1.807, 2.05) is 0 Å². The standard InChI is InChI=1S/C31H33N9O9/c1-38(2)17-9-16(37-28(47)36-13-5-7-14(8-6-13)40(48)49)21(41)18-15(17)10-29(34)11-31(35)24(39(3)4)23(43)19(27(33)46)25(44)30(31,12-32)26(45)20(29)22(18)42/h5-9,19-20,24,41H,10-11,34-35H2,1-4H3,(H2,33,46)(H2,36,37,47)/t19?,20?,24-,29-,30+,31-/m1/s1. The lowest BCUT2D eigenvalue weighted by molar-refractivity contribution is -0.384. The first-order valence-corrected chi connectivity index (χ1v) is 14.8. The predicted molar refractivity (Wildman–Crippen MR) is 171 cm³/mol. The number of nitro benzene ring substituents is 1. The van der Waals surface area contributed by atoms with Crippen molar-refractivity contribution in [1.82, 2.24) is 4.90 Å². The molecule has 18 nitrogen and oxygen atoms in total. The monoisotopic (exact) mass is 675 g/mol. The van der Waals surface area contributed by atoms with Gasteiger partial charge in [-0.05, 0) is 50.7 Å². The number of nitrogens with zero attached hydrogens (tertiary/aromatic N) is 4. The number of nitrogens with one attached hydrogen (secondary N) is 2. The highest BCUT2D eigenvalue weighted by Crippen LogP contribution is 2.57. The number of hydrogen-bond acceptors (Lipinski definition) is 14. The summed E-state index contributed by atoms with van der Waals surface area (Å²) in [7, 11) is 6.02. The molecule has 0 heterocycles. The maximum absolute atomic E-state index is 14.6. The number of phenolic OH excluding ortho intramolecular Hbond substituents is 1.